The van der Waals surface area contributed by atoms with Gasteiger partial charge in [-0.1, -0.05) is 6.92 Å². The largest absolute Gasteiger partial charge is 0.481 e. The van der Waals surface area contributed by atoms with Crippen molar-refractivity contribution in [3.8, 4) is 0 Å². The van der Waals surface area contributed by atoms with Gasteiger partial charge in [-0.2, -0.15) is 0 Å². The van der Waals surface area contributed by atoms with Gasteiger partial charge in [-0.3, -0.25) is 4.79 Å². The molecule has 1 atom stereocenters. The lowest BCUT2D eigenvalue weighted by molar-refractivity contribution is -0.147. The fraction of sp³-hybridized carbons (Fsp3) is 0.636. The molecule has 5 nitrogen and oxygen atoms in total. The van der Waals surface area contributed by atoms with Crippen LogP contribution in [0.1, 0.15) is 27.2 Å². The summed E-state index contributed by atoms with van der Waals surface area (Å²) >= 11 is 0. The molecular weight excluding hydrogens is 206 g/mol. The Balaban J connectivity index is 2.66. The Morgan fingerprint density at radius 1 is 1.62 bits per heavy atom. The highest BCUT2D eigenvalue weighted by molar-refractivity contribution is 5.74. The number of nitrogens with zero attached hydrogens (tertiary/aromatic N) is 2. The first kappa shape index (κ1) is 12.5. The first-order chi connectivity index (χ1) is 7.53. The Labute approximate surface area is 95.5 Å². The average Bonchev–Trinajstić information content (AvgIpc) is 2.72. The summed E-state index contributed by atoms with van der Waals surface area (Å²) in [6.07, 6.45) is 4.16. The smallest absolute Gasteiger partial charge is 0.311 e. The van der Waals surface area contributed by atoms with Crippen molar-refractivity contribution in [1.82, 2.24) is 9.55 Å². The van der Waals surface area contributed by atoms with Crippen LogP contribution in [0.2, 0.25) is 0 Å². The second-order valence-corrected chi connectivity index (χ2v) is 4.11. The van der Waals surface area contributed by atoms with Crippen LogP contribution in [0, 0.1) is 5.41 Å². The van der Waals surface area contributed by atoms with Crippen molar-refractivity contribution in [2.75, 3.05) is 11.9 Å². The van der Waals surface area contributed by atoms with Crippen molar-refractivity contribution in [2.45, 2.75) is 33.7 Å². The summed E-state index contributed by atoms with van der Waals surface area (Å²) in [5.74, 6) is -0.0551. The van der Waals surface area contributed by atoms with Gasteiger partial charge in [0.15, 0.2) is 0 Å². The molecule has 1 aromatic rings. The van der Waals surface area contributed by atoms with Gasteiger partial charge in [0.2, 0.25) is 5.95 Å². The second-order valence-electron chi connectivity index (χ2n) is 4.11. The van der Waals surface area contributed by atoms with Crippen LogP contribution in [0.3, 0.4) is 0 Å². The molecule has 0 aromatic carbocycles. The van der Waals surface area contributed by atoms with Crippen LogP contribution in [0.15, 0.2) is 12.4 Å². The maximum atomic E-state index is 11.1. The Bertz CT molecular complexity index is 362. The molecule has 0 aliphatic heterocycles. The molecule has 0 bridgehead atoms. The van der Waals surface area contributed by atoms with E-state index >= 15 is 0 Å². The topological polar surface area (TPSA) is 67.2 Å². The van der Waals surface area contributed by atoms with Crippen molar-refractivity contribution in [2.24, 2.45) is 5.41 Å². The van der Waals surface area contributed by atoms with E-state index in [4.69, 9.17) is 5.11 Å². The number of imidazole rings is 1. The monoisotopic (exact) mass is 225 g/mol. The van der Waals surface area contributed by atoms with E-state index in [9.17, 15) is 4.79 Å². The van der Waals surface area contributed by atoms with E-state index in [-0.39, 0.29) is 0 Å². The van der Waals surface area contributed by atoms with E-state index in [0.717, 1.165) is 12.5 Å². The van der Waals surface area contributed by atoms with Crippen LogP contribution in [0.5, 0.6) is 0 Å². The molecule has 0 radical (unpaired) electrons. The second kappa shape index (κ2) is 5.01. The zero-order chi connectivity index (χ0) is 12.2. The summed E-state index contributed by atoms with van der Waals surface area (Å²) in [7, 11) is 0. The van der Waals surface area contributed by atoms with Crippen molar-refractivity contribution in [1.29, 1.82) is 0 Å². The summed E-state index contributed by atoms with van der Waals surface area (Å²) in [5.41, 5.74) is -0.746. The highest BCUT2D eigenvalue weighted by Crippen LogP contribution is 2.21. The molecule has 0 amide bonds. The molecule has 1 aromatic heterocycles. The minimum absolute atomic E-state index is 0.385. The van der Waals surface area contributed by atoms with Gasteiger partial charge in [0.05, 0.1) is 5.41 Å². The van der Waals surface area contributed by atoms with Crippen molar-refractivity contribution >= 4 is 11.9 Å². The number of carboxylic acid groups (broad SMARTS) is 1. The Hall–Kier alpha value is -1.52. The molecule has 1 unspecified atom stereocenters. The molecule has 0 aliphatic carbocycles. The summed E-state index contributed by atoms with van der Waals surface area (Å²) in [6.45, 7) is 6.83. The maximum Gasteiger partial charge on any atom is 0.311 e. The fourth-order valence-corrected chi connectivity index (χ4v) is 1.36. The zero-order valence-electron chi connectivity index (χ0n) is 10.0. The number of carboxylic acids is 1. The van der Waals surface area contributed by atoms with Crippen LogP contribution in [-0.4, -0.2) is 27.2 Å². The van der Waals surface area contributed by atoms with Gasteiger partial charge in [-0.15, -0.1) is 0 Å². The van der Waals surface area contributed by atoms with E-state index in [0.29, 0.717) is 13.0 Å². The molecule has 5 heteroatoms. The van der Waals surface area contributed by atoms with E-state index in [1.165, 1.54) is 0 Å². The predicted molar refractivity (Wildman–Crippen MR) is 62.4 cm³/mol. The van der Waals surface area contributed by atoms with Gasteiger partial charge < -0.3 is 15.0 Å². The molecule has 90 valence electrons. The van der Waals surface area contributed by atoms with E-state index in [2.05, 4.69) is 10.3 Å². The lowest BCUT2D eigenvalue weighted by atomic mass is 9.88. The number of hydrogen-bond donors (Lipinski definition) is 2. The van der Waals surface area contributed by atoms with Crippen molar-refractivity contribution in [3.05, 3.63) is 12.4 Å². The van der Waals surface area contributed by atoms with Crippen molar-refractivity contribution < 1.29 is 9.90 Å². The quantitative estimate of drug-likeness (QED) is 0.775. The molecule has 0 aliphatic rings. The number of aliphatic carboxylic acids is 1. The van der Waals surface area contributed by atoms with Crippen LogP contribution in [-0.2, 0) is 11.3 Å². The molecular formula is C11H19N3O2. The zero-order valence-corrected chi connectivity index (χ0v) is 10.0. The third-order valence-corrected chi connectivity index (χ3v) is 2.99. The Kier molecular flexibility index (Phi) is 3.93. The van der Waals surface area contributed by atoms with Crippen molar-refractivity contribution in [3.63, 3.8) is 0 Å². The lowest BCUT2D eigenvalue weighted by Gasteiger charge is -2.23. The number of carbonyl (C=O) groups is 1. The summed E-state index contributed by atoms with van der Waals surface area (Å²) in [4.78, 5) is 15.2. The number of nitrogens with one attached hydrogen (secondary N) is 1. The van der Waals surface area contributed by atoms with Crippen LogP contribution < -0.4 is 5.32 Å². The summed E-state index contributed by atoms with van der Waals surface area (Å²) < 4.78 is 1.94. The van der Waals surface area contributed by atoms with Gasteiger partial charge in [0, 0.05) is 25.5 Å². The summed E-state index contributed by atoms with van der Waals surface area (Å²) in [5, 5.41) is 12.2. The van der Waals surface area contributed by atoms with Gasteiger partial charge in [-0.05, 0) is 20.3 Å². The molecule has 0 fully saturated rings. The van der Waals surface area contributed by atoms with Gasteiger partial charge in [0.1, 0.15) is 0 Å². The van der Waals surface area contributed by atoms with E-state index < -0.39 is 11.4 Å². The first-order valence-electron chi connectivity index (χ1n) is 5.52. The van der Waals surface area contributed by atoms with E-state index in [1.54, 1.807) is 13.1 Å². The maximum absolute atomic E-state index is 11.1. The highest BCUT2D eigenvalue weighted by atomic mass is 16.4. The normalized spacial score (nSPS) is 14.4. The molecule has 2 N–H and O–H groups in total. The molecule has 0 spiro atoms. The molecule has 0 saturated carbocycles. The Morgan fingerprint density at radius 3 is 2.81 bits per heavy atom. The lowest BCUT2D eigenvalue weighted by Crippen LogP contribution is -2.34. The number of hydrogen-bond acceptors (Lipinski definition) is 3. The minimum atomic E-state index is -0.780. The standard InChI is InChI=1S/C11H19N3O2/c1-4-11(3,9(15)16)8-13-10-12-6-7-14(10)5-2/h6-7H,4-5,8H2,1-3H3,(H,12,13)(H,15,16). The van der Waals surface area contributed by atoms with Crippen LogP contribution in [0.25, 0.3) is 0 Å². The molecule has 1 rings (SSSR count). The van der Waals surface area contributed by atoms with Crippen LogP contribution >= 0.6 is 0 Å². The predicted octanol–water partition coefficient (Wildman–Crippen LogP) is 1.82. The number of aromatic nitrogens is 2. The molecule has 16 heavy (non-hydrogen) atoms. The Morgan fingerprint density at radius 2 is 2.31 bits per heavy atom. The first-order valence-corrected chi connectivity index (χ1v) is 5.52. The summed E-state index contributed by atoms with van der Waals surface area (Å²) in [6, 6.07) is 0. The fourth-order valence-electron chi connectivity index (χ4n) is 1.36. The third-order valence-electron chi connectivity index (χ3n) is 2.99. The van der Waals surface area contributed by atoms with Gasteiger partial charge >= 0.3 is 5.97 Å². The number of aryl methyl sites for hydroxylation is 1. The van der Waals surface area contributed by atoms with Gasteiger partial charge in [-0.25, -0.2) is 4.98 Å². The molecule has 1 heterocycles. The SMILES string of the molecule is CCn1ccnc1NCC(C)(CC)C(=O)O. The van der Waals surface area contributed by atoms with Crippen LogP contribution in [0.4, 0.5) is 5.95 Å². The minimum Gasteiger partial charge on any atom is -0.481 e. The van der Waals surface area contributed by atoms with Gasteiger partial charge in [0.25, 0.3) is 0 Å². The van der Waals surface area contributed by atoms with E-state index in [1.807, 2.05) is 24.6 Å². The number of rotatable bonds is 6. The molecule has 0 saturated heterocycles. The third kappa shape index (κ3) is 2.53. The highest BCUT2D eigenvalue weighted by Gasteiger charge is 2.31. The number of anilines is 1. The average molecular weight is 225 g/mol.